The van der Waals surface area contributed by atoms with Gasteiger partial charge in [-0.2, -0.15) is 5.26 Å². The highest BCUT2D eigenvalue weighted by Gasteiger charge is 2.39. The van der Waals surface area contributed by atoms with Crippen LogP contribution in [0.4, 0.5) is 24.5 Å². The van der Waals surface area contributed by atoms with Crippen LogP contribution in [0.15, 0.2) is 42.5 Å². The fourth-order valence-electron chi connectivity index (χ4n) is 3.22. The molecule has 2 aromatic carbocycles. The first-order chi connectivity index (χ1) is 15.6. The Kier molecular flexibility index (Phi) is 8.83. The van der Waals surface area contributed by atoms with Crippen LogP contribution in [-0.4, -0.2) is 48.6 Å². The summed E-state index contributed by atoms with van der Waals surface area (Å²) in [5.41, 5.74) is 6.91. The number of ether oxygens (including phenoxy) is 2. The van der Waals surface area contributed by atoms with E-state index in [0.29, 0.717) is 11.1 Å². The fourth-order valence-corrected chi connectivity index (χ4v) is 3.22. The number of nitrogens with two attached hydrogens (primary N) is 1. The molecule has 2 aromatic rings. The van der Waals surface area contributed by atoms with E-state index in [4.69, 9.17) is 15.7 Å². The molecule has 4 N–H and O–H groups in total. The van der Waals surface area contributed by atoms with Crippen molar-refractivity contribution >= 4 is 35.6 Å². The minimum absolute atomic E-state index is 0. The number of amides is 2. The Morgan fingerprint density at radius 2 is 2.00 bits per heavy atom. The number of alkyl halides is 3. The van der Waals surface area contributed by atoms with E-state index in [9.17, 15) is 27.9 Å². The number of nitrogens with zero attached hydrogens (tertiary/aromatic N) is 2. The lowest BCUT2D eigenvalue weighted by atomic mass is 10.1. The normalized spacial score (nSPS) is 16.8. The number of nitriles is 1. The Balaban J connectivity index is 0.00000408. The third-order valence-corrected chi connectivity index (χ3v) is 4.77. The number of carbonyl (C=O) groups excluding carboxylic acids is 2. The number of hydrogen-bond acceptors (Lipinski definition) is 7. The Bertz CT molecular complexity index is 1080. The van der Waals surface area contributed by atoms with Gasteiger partial charge in [-0.1, -0.05) is 0 Å². The quantitative estimate of drug-likeness (QED) is 0.552. The van der Waals surface area contributed by atoms with Gasteiger partial charge in [-0.3, -0.25) is 9.59 Å². The molecular formula is C21H20ClF3N4O5. The van der Waals surface area contributed by atoms with E-state index in [-0.39, 0.29) is 43.5 Å². The standard InChI is InChI=1S/C21H19F3N4O5.ClH/c22-21(23,24)33-16-5-3-15(4-6-16)28-7-8-32-18(20(28)31)17(29)19(30)27-14-2-1-12(10-25)13(9-14)11-26;/h1-6,9,17-18,29H,7-8,11,26H2,(H,27,30);1H/t17-,18-;/m1./s1. The molecule has 0 radical (unpaired) electrons. The lowest BCUT2D eigenvalue weighted by molar-refractivity contribution is -0.274. The topological polar surface area (TPSA) is 138 Å². The van der Waals surface area contributed by atoms with Gasteiger partial charge >= 0.3 is 6.36 Å². The molecular weight excluding hydrogens is 481 g/mol. The zero-order valence-electron chi connectivity index (χ0n) is 17.4. The number of carbonyl (C=O) groups is 2. The Hall–Kier alpha value is -3.37. The van der Waals surface area contributed by atoms with Crippen molar-refractivity contribution in [3.63, 3.8) is 0 Å². The van der Waals surface area contributed by atoms with Crippen LogP contribution in [0.2, 0.25) is 0 Å². The third-order valence-electron chi connectivity index (χ3n) is 4.77. The number of halogens is 4. The molecule has 9 nitrogen and oxygen atoms in total. The van der Waals surface area contributed by atoms with Crippen molar-refractivity contribution in [2.24, 2.45) is 5.73 Å². The molecule has 1 heterocycles. The molecule has 1 fully saturated rings. The summed E-state index contributed by atoms with van der Waals surface area (Å²) in [5.74, 6) is -2.12. The van der Waals surface area contributed by atoms with Crippen LogP contribution in [0, 0.1) is 11.3 Å². The van der Waals surface area contributed by atoms with Crippen LogP contribution in [0.3, 0.4) is 0 Å². The summed E-state index contributed by atoms with van der Waals surface area (Å²) in [4.78, 5) is 26.5. The first-order valence-corrected chi connectivity index (χ1v) is 9.63. The average Bonchev–Trinajstić information content (AvgIpc) is 2.78. The zero-order chi connectivity index (χ0) is 24.2. The van der Waals surface area contributed by atoms with Crippen molar-refractivity contribution in [3.8, 4) is 11.8 Å². The molecule has 0 spiro atoms. The second kappa shape index (κ2) is 11.2. The highest BCUT2D eigenvalue weighted by molar-refractivity contribution is 6.03. The number of nitrogens with one attached hydrogen (secondary N) is 1. The van der Waals surface area contributed by atoms with Crippen LogP contribution in [-0.2, 0) is 20.9 Å². The Labute approximate surface area is 198 Å². The molecule has 2 amide bonds. The van der Waals surface area contributed by atoms with E-state index >= 15 is 0 Å². The van der Waals surface area contributed by atoms with Crippen molar-refractivity contribution < 1.29 is 37.3 Å². The summed E-state index contributed by atoms with van der Waals surface area (Å²) in [7, 11) is 0. The lowest BCUT2D eigenvalue weighted by Gasteiger charge is -2.34. The number of hydrogen-bond donors (Lipinski definition) is 3. The van der Waals surface area contributed by atoms with Gasteiger partial charge in [-0.05, 0) is 48.0 Å². The highest BCUT2D eigenvalue weighted by Crippen LogP contribution is 2.27. The van der Waals surface area contributed by atoms with E-state index in [1.54, 1.807) is 0 Å². The van der Waals surface area contributed by atoms with Crippen molar-refractivity contribution in [3.05, 3.63) is 53.6 Å². The lowest BCUT2D eigenvalue weighted by Crippen LogP contribution is -2.55. The summed E-state index contributed by atoms with van der Waals surface area (Å²) >= 11 is 0. The van der Waals surface area contributed by atoms with Crippen molar-refractivity contribution in [1.29, 1.82) is 5.26 Å². The molecule has 0 unspecified atom stereocenters. The van der Waals surface area contributed by atoms with Gasteiger partial charge in [0.15, 0.2) is 12.2 Å². The number of aliphatic hydroxyl groups is 1. The van der Waals surface area contributed by atoms with E-state index in [1.807, 2.05) is 6.07 Å². The van der Waals surface area contributed by atoms with Gasteiger partial charge in [0.05, 0.1) is 18.2 Å². The van der Waals surface area contributed by atoms with Gasteiger partial charge in [-0.15, -0.1) is 25.6 Å². The minimum Gasteiger partial charge on any atom is -0.406 e. The Morgan fingerprint density at radius 1 is 1.32 bits per heavy atom. The monoisotopic (exact) mass is 500 g/mol. The van der Waals surface area contributed by atoms with Crippen LogP contribution in [0.5, 0.6) is 5.75 Å². The van der Waals surface area contributed by atoms with Gasteiger partial charge in [0.25, 0.3) is 11.8 Å². The summed E-state index contributed by atoms with van der Waals surface area (Å²) in [5, 5.41) is 21.9. The largest absolute Gasteiger partial charge is 0.573 e. The second-order valence-electron chi connectivity index (χ2n) is 6.94. The van der Waals surface area contributed by atoms with Gasteiger partial charge in [0, 0.05) is 24.5 Å². The zero-order valence-corrected chi connectivity index (χ0v) is 18.2. The molecule has 0 saturated carbocycles. The number of morpholine rings is 1. The predicted molar refractivity (Wildman–Crippen MR) is 116 cm³/mol. The molecule has 1 aliphatic rings. The predicted octanol–water partition coefficient (Wildman–Crippen LogP) is 2.07. The first kappa shape index (κ1) is 26.9. The molecule has 34 heavy (non-hydrogen) atoms. The van der Waals surface area contributed by atoms with E-state index in [0.717, 1.165) is 12.1 Å². The molecule has 1 aliphatic heterocycles. The highest BCUT2D eigenvalue weighted by atomic mass is 35.5. The molecule has 2 atom stereocenters. The number of rotatable bonds is 6. The van der Waals surface area contributed by atoms with Crippen molar-refractivity contribution in [2.75, 3.05) is 23.4 Å². The molecule has 13 heteroatoms. The smallest absolute Gasteiger partial charge is 0.406 e. The summed E-state index contributed by atoms with van der Waals surface area (Å²) in [6.45, 7) is 0.107. The van der Waals surface area contributed by atoms with Gasteiger partial charge < -0.3 is 30.5 Å². The molecule has 182 valence electrons. The maximum absolute atomic E-state index is 12.8. The maximum atomic E-state index is 12.8. The van der Waals surface area contributed by atoms with Crippen LogP contribution in [0.25, 0.3) is 0 Å². The number of aliphatic hydroxyl groups excluding tert-OH is 1. The fraction of sp³-hybridized carbons (Fsp3) is 0.286. The minimum atomic E-state index is -4.85. The molecule has 0 aliphatic carbocycles. The Morgan fingerprint density at radius 3 is 2.59 bits per heavy atom. The van der Waals surface area contributed by atoms with Gasteiger partial charge in [0.1, 0.15) is 5.75 Å². The average molecular weight is 501 g/mol. The first-order valence-electron chi connectivity index (χ1n) is 9.63. The maximum Gasteiger partial charge on any atom is 0.573 e. The SMILES string of the molecule is Cl.N#Cc1ccc(NC(=O)[C@H](O)[C@H]2OCCN(c3ccc(OC(F)(F)F)cc3)C2=O)cc1CN. The third kappa shape index (κ3) is 6.36. The van der Waals surface area contributed by atoms with Crippen LogP contribution < -0.4 is 20.7 Å². The van der Waals surface area contributed by atoms with Crippen LogP contribution in [0.1, 0.15) is 11.1 Å². The molecule has 3 rings (SSSR count). The number of benzene rings is 2. The molecule has 0 bridgehead atoms. The van der Waals surface area contributed by atoms with Gasteiger partial charge in [-0.25, -0.2) is 0 Å². The van der Waals surface area contributed by atoms with Gasteiger partial charge in [0.2, 0.25) is 0 Å². The van der Waals surface area contributed by atoms with E-state index in [1.165, 1.54) is 35.2 Å². The van der Waals surface area contributed by atoms with Crippen molar-refractivity contribution in [1.82, 2.24) is 0 Å². The van der Waals surface area contributed by atoms with Crippen LogP contribution >= 0.6 is 12.4 Å². The van der Waals surface area contributed by atoms with E-state index < -0.39 is 36.1 Å². The summed E-state index contributed by atoms with van der Waals surface area (Å²) in [6, 6.07) is 10.9. The summed E-state index contributed by atoms with van der Waals surface area (Å²) in [6.07, 6.45) is -8.25. The molecule has 1 saturated heterocycles. The number of anilines is 2. The second-order valence-corrected chi connectivity index (χ2v) is 6.94. The molecule has 0 aromatic heterocycles. The summed E-state index contributed by atoms with van der Waals surface area (Å²) < 4.78 is 46.1. The van der Waals surface area contributed by atoms with E-state index in [2.05, 4.69) is 10.1 Å². The van der Waals surface area contributed by atoms with Crippen molar-refractivity contribution in [2.45, 2.75) is 25.1 Å².